The number of rotatable bonds is 6. The molecule has 0 bridgehead atoms. The predicted molar refractivity (Wildman–Crippen MR) is 74.0 cm³/mol. The van der Waals surface area contributed by atoms with Crippen molar-refractivity contribution in [3.05, 3.63) is 22.7 Å². The molecular weight excluding hydrogens is 298 g/mol. The number of nitrogens with zero attached hydrogens (tertiary/aromatic N) is 6. The van der Waals surface area contributed by atoms with Crippen LogP contribution in [0.1, 0.15) is 5.89 Å². The fourth-order valence-electron chi connectivity index (χ4n) is 1.51. The minimum absolute atomic E-state index is 0.488. The van der Waals surface area contributed by atoms with Crippen molar-refractivity contribution >= 4 is 23.1 Å². The molecule has 0 radical (unpaired) electrons. The van der Waals surface area contributed by atoms with Gasteiger partial charge in [-0.2, -0.15) is 16.3 Å². The zero-order chi connectivity index (χ0) is 13.8. The summed E-state index contributed by atoms with van der Waals surface area (Å²) in [5.74, 6) is 1.66. The number of tetrazole rings is 1. The van der Waals surface area contributed by atoms with Crippen molar-refractivity contribution in [2.45, 2.75) is 17.5 Å². The highest BCUT2D eigenvalue weighted by molar-refractivity contribution is 7.98. The molecule has 3 aromatic heterocycles. The molecule has 0 unspecified atom stereocenters. The van der Waals surface area contributed by atoms with Gasteiger partial charge in [0.05, 0.1) is 12.3 Å². The molecule has 0 aliphatic heterocycles. The Morgan fingerprint density at radius 1 is 1.45 bits per heavy atom. The van der Waals surface area contributed by atoms with Crippen LogP contribution in [-0.4, -0.2) is 36.9 Å². The van der Waals surface area contributed by atoms with Gasteiger partial charge < -0.3 is 10.3 Å². The molecule has 3 rings (SSSR count). The van der Waals surface area contributed by atoms with E-state index in [0.717, 1.165) is 5.56 Å². The van der Waals surface area contributed by atoms with Gasteiger partial charge in [0.25, 0.3) is 0 Å². The Balaban J connectivity index is 1.65. The number of hydrogen-bond donors (Lipinski definition) is 1. The summed E-state index contributed by atoms with van der Waals surface area (Å²) in [5.41, 5.74) is 6.45. The minimum atomic E-state index is 0.488. The second kappa shape index (κ2) is 6.11. The zero-order valence-electron chi connectivity index (χ0n) is 10.3. The predicted octanol–water partition coefficient (Wildman–Crippen LogP) is 1.04. The molecule has 10 heteroatoms. The van der Waals surface area contributed by atoms with E-state index in [-0.39, 0.29) is 0 Å². The van der Waals surface area contributed by atoms with Crippen molar-refractivity contribution in [3.8, 4) is 11.4 Å². The van der Waals surface area contributed by atoms with Gasteiger partial charge in [-0.3, -0.25) is 0 Å². The lowest BCUT2D eigenvalue weighted by molar-refractivity contribution is 0.391. The lowest BCUT2D eigenvalue weighted by Gasteiger charge is -1.99. The molecule has 0 atom stereocenters. The van der Waals surface area contributed by atoms with Crippen LogP contribution >= 0.6 is 23.1 Å². The zero-order valence-corrected chi connectivity index (χ0v) is 12.0. The van der Waals surface area contributed by atoms with Crippen molar-refractivity contribution in [2.75, 3.05) is 6.54 Å². The number of thioether (sulfide) groups is 1. The number of hydrogen-bond acceptors (Lipinski definition) is 9. The van der Waals surface area contributed by atoms with Gasteiger partial charge in [-0.15, -0.1) is 5.10 Å². The lowest BCUT2D eigenvalue weighted by Crippen LogP contribution is -2.12. The SMILES string of the molecule is NCCn1nnnc1SCc1nc(-c2ccsc2)no1. The van der Waals surface area contributed by atoms with Gasteiger partial charge in [0.15, 0.2) is 0 Å². The van der Waals surface area contributed by atoms with Gasteiger partial charge in [0, 0.05) is 17.5 Å². The third kappa shape index (κ3) is 2.86. The third-order valence-corrected chi connectivity index (χ3v) is 4.04. The summed E-state index contributed by atoms with van der Waals surface area (Å²) in [7, 11) is 0. The molecule has 20 heavy (non-hydrogen) atoms. The van der Waals surface area contributed by atoms with Gasteiger partial charge in [0.2, 0.25) is 16.9 Å². The maximum absolute atomic E-state index is 5.49. The Hall–Kier alpha value is -1.78. The molecule has 0 saturated carbocycles. The van der Waals surface area contributed by atoms with Crippen LogP contribution < -0.4 is 5.73 Å². The smallest absolute Gasteiger partial charge is 0.237 e. The van der Waals surface area contributed by atoms with Crippen molar-refractivity contribution < 1.29 is 4.52 Å². The maximum atomic E-state index is 5.49. The number of thiophene rings is 1. The first kappa shape index (κ1) is 13.2. The van der Waals surface area contributed by atoms with Crippen molar-refractivity contribution in [1.29, 1.82) is 0 Å². The first-order valence-electron chi connectivity index (χ1n) is 5.81. The molecular formula is C10H11N7OS2. The average Bonchev–Trinajstić information content (AvgIpc) is 3.18. The molecule has 0 aliphatic rings. The summed E-state index contributed by atoms with van der Waals surface area (Å²) in [6, 6.07) is 1.95. The van der Waals surface area contributed by atoms with Crippen LogP contribution in [0.4, 0.5) is 0 Å². The maximum Gasteiger partial charge on any atom is 0.237 e. The van der Waals surface area contributed by atoms with Crippen LogP contribution in [0.25, 0.3) is 11.4 Å². The van der Waals surface area contributed by atoms with Crippen molar-refractivity contribution in [3.63, 3.8) is 0 Å². The summed E-state index contributed by atoms with van der Waals surface area (Å²) >= 11 is 3.03. The molecule has 8 nitrogen and oxygen atoms in total. The fourth-order valence-corrected chi connectivity index (χ4v) is 2.89. The minimum Gasteiger partial charge on any atom is -0.338 e. The first-order chi connectivity index (χ1) is 9.86. The Bertz CT molecular complexity index is 663. The van der Waals surface area contributed by atoms with Crippen molar-refractivity contribution in [2.24, 2.45) is 5.73 Å². The molecule has 0 aromatic carbocycles. The molecule has 0 spiro atoms. The van der Waals surface area contributed by atoms with Crippen LogP contribution in [0, 0.1) is 0 Å². The van der Waals surface area contributed by atoms with Crippen LogP contribution in [0.5, 0.6) is 0 Å². The summed E-state index contributed by atoms with van der Waals surface area (Å²) in [4.78, 5) is 4.33. The molecule has 0 fully saturated rings. The summed E-state index contributed by atoms with van der Waals surface area (Å²) in [6.07, 6.45) is 0. The van der Waals surface area contributed by atoms with E-state index in [2.05, 4.69) is 25.7 Å². The Kier molecular flexibility index (Phi) is 4.04. The molecule has 0 amide bonds. The largest absolute Gasteiger partial charge is 0.338 e. The van der Waals surface area contributed by atoms with Gasteiger partial charge in [-0.05, 0) is 21.9 Å². The van der Waals surface area contributed by atoms with Gasteiger partial charge >= 0.3 is 0 Å². The topological polar surface area (TPSA) is 109 Å². The normalized spacial score (nSPS) is 11.1. The van der Waals surface area contributed by atoms with Crippen LogP contribution in [0.15, 0.2) is 26.5 Å². The number of aromatic nitrogens is 6. The van der Waals surface area contributed by atoms with Crippen molar-refractivity contribution in [1.82, 2.24) is 30.3 Å². The van der Waals surface area contributed by atoms with Crippen LogP contribution in [0.3, 0.4) is 0 Å². The van der Waals surface area contributed by atoms with Gasteiger partial charge in [0.1, 0.15) is 0 Å². The molecule has 2 N–H and O–H groups in total. The highest BCUT2D eigenvalue weighted by Crippen LogP contribution is 2.22. The van der Waals surface area contributed by atoms with E-state index >= 15 is 0 Å². The second-order valence-electron chi connectivity index (χ2n) is 3.79. The average molecular weight is 309 g/mol. The third-order valence-electron chi connectivity index (χ3n) is 2.41. The van der Waals surface area contributed by atoms with E-state index in [0.29, 0.717) is 35.7 Å². The van der Waals surface area contributed by atoms with E-state index in [9.17, 15) is 0 Å². The summed E-state index contributed by atoms with van der Waals surface area (Å²) < 4.78 is 6.86. The Labute approximate surface area is 122 Å². The Morgan fingerprint density at radius 3 is 3.20 bits per heavy atom. The van der Waals surface area contributed by atoms with E-state index < -0.39 is 0 Å². The van der Waals surface area contributed by atoms with Gasteiger partial charge in [-0.1, -0.05) is 16.9 Å². The number of nitrogens with two attached hydrogens (primary N) is 1. The van der Waals surface area contributed by atoms with E-state index in [4.69, 9.17) is 10.3 Å². The van der Waals surface area contributed by atoms with E-state index in [1.54, 1.807) is 16.0 Å². The summed E-state index contributed by atoms with van der Waals surface area (Å²) in [6.45, 7) is 1.07. The summed E-state index contributed by atoms with van der Waals surface area (Å²) in [5, 5.41) is 20.0. The standard InChI is InChI=1S/C10H11N7OS2/c11-2-3-17-10(13-15-16-17)20-6-8-12-9(14-18-8)7-1-4-19-5-7/h1,4-5H,2-3,6,11H2. The fraction of sp³-hybridized carbons (Fsp3) is 0.300. The molecule has 0 aliphatic carbocycles. The molecule has 3 aromatic rings. The highest BCUT2D eigenvalue weighted by Gasteiger charge is 2.12. The lowest BCUT2D eigenvalue weighted by atomic mass is 10.3. The van der Waals surface area contributed by atoms with E-state index in [1.165, 1.54) is 11.8 Å². The van der Waals surface area contributed by atoms with E-state index in [1.807, 2.05) is 16.8 Å². The van der Waals surface area contributed by atoms with Crippen LogP contribution in [0.2, 0.25) is 0 Å². The quantitative estimate of drug-likeness (QED) is 0.673. The first-order valence-corrected chi connectivity index (χ1v) is 7.74. The molecule has 104 valence electrons. The monoisotopic (exact) mass is 309 g/mol. The molecule has 0 saturated heterocycles. The second-order valence-corrected chi connectivity index (χ2v) is 5.51. The van der Waals surface area contributed by atoms with Gasteiger partial charge in [-0.25, -0.2) is 4.68 Å². The Morgan fingerprint density at radius 2 is 2.40 bits per heavy atom. The highest BCUT2D eigenvalue weighted by atomic mass is 32.2. The van der Waals surface area contributed by atoms with Crippen LogP contribution in [-0.2, 0) is 12.3 Å². The molecule has 3 heterocycles.